The van der Waals surface area contributed by atoms with Crippen molar-refractivity contribution in [2.45, 2.75) is 25.2 Å². The molecule has 1 heterocycles. The summed E-state index contributed by atoms with van der Waals surface area (Å²) < 4.78 is 26.1. The van der Waals surface area contributed by atoms with E-state index in [1.807, 2.05) is 0 Å². The molecular formula is C12H16F2N2. The number of rotatable bonds is 3. The largest absolute Gasteiger partial charge is 0.314 e. The van der Waals surface area contributed by atoms with Gasteiger partial charge in [0, 0.05) is 19.1 Å². The highest BCUT2D eigenvalue weighted by atomic mass is 19.1. The molecule has 0 amide bonds. The second-order valence-electron chi connectivity index (χ2n) is 4.12. The first-order chi connectivity index (χ1) is 7.75. The molecule has 0 aromatic heterocycles. The molecule has 0 radical (unpaired) electrons. The van der Waals surface area contributed by atoms with Gasteiger partial charge in [-0.25, -0.2) is 8.78 Å². The third-order valence-corrected chi connectivity index (χ3v) is 2.89. The van der Waals surface area contributed by atoms with E-state index in [-0.39, 0.29) is 11.9 Å². The van der Waals surface area contributed by atoms with E-state index in [4.69, 9.17) is 0 Å². The molecule has 2 nitrogen and oxygen atoms in total. The molecule has 0 unspecified atom stereocenters. The van der Waals surface area contributed by atoms with Crippen LogP contribution in [0.2, 0.25) is 0 Å². The molecular weight excluding hydrogens is 210 g/mol. The summed E-state index contributed by atoms with van der Waals surface area (Å²) in [5.74, 6) is -0.242. The Labute approximate surface area is 94.0 Å². The minimum absolute atomic E-state index is 0.0914. The molecule has 1 saturated heterocycles. The lowest BCUT2D eigenvalue weighted by molar-refractivity contribution is 0.202. The molecule has 2 N–H and O–H groups in total. The predicted molar refractivity (Wildman–Crippen MR) is 59.4 cm³/mol. The van der Waals surface area contributed by atoms with Crippen molar-refractivity contribution in [2.75, 3.05) is 13.1 Å². The van der Waals surface area contributed by atoms with E-state index in [1.54, 1.807) is 12.1 Å². The zero-order valence-corrected chi connectivity index (χ0v) is 9.05. The third-order valence-electron chi connectivity index (χ3n) is 2.89. The highest BCUT2D eigenvalue weighted by Gasteiger charge is 2.23. The van der Waals surface area contributed by atoms with Gasteiger partial charge in [0.25, 0.3) is 0 Å². The average Bonchev–Trinajstić information content (AvgIpc) is 2.30. The number of piperidine rings is 1. The lowest BCUT2D eigenvalue weighted by atomic mass is 10.0. The molecule has 0 saturated carbocycles. The topological polar surface area (TPSA) is 24.1 Å². The van der Waals surface area contributed by atoms with Crippen LogP contribution in [-0.4, -0.2) is 25.3 Å². The number of halogens is 2. The molecule has 2 rings (SSSR count). The molecule has 0 aliphatic carbocycles. The fraction of sp³-hybridized carbons (Fsp3) is 0.500. The maximum atomic E-state index is 13.4. The van der Waals surface area contributed by atoms with Crippen molar-refractivity contribution in [3.8, 4) is 0 Å². The van der Waals surface area contributed by atoms with Gasteiger partial charge in [0.1, 0.15) is 12.0 Å². The van der Waals surface area contributed by atoms with Crippen LogP contribution in [0.1, 0.15) is 12.0 Å². The zero-order valence-electron chi connectivity index (χ0n) is 9.05. The molecule has 0 bridgehead atoms. The maximum Gasteiger partial charge on any atom is 0.128 e. The number of nitrogens with one attached hydrogen (secondary N) is 2. The Morgan fingerprint density at radius 3 is 2.75 bits per heavy atom. The van der Waals surface area contributed by atoms with Gasteiger partial charge in [-0.1, -0.05) is 12.1 Å². The van der Waals surface area contributed by atoms with Gasteiger partial charge >= 0.3 is 0 Å². The fourth-order valence-corrected chi connectivity index (χ4v) is 1.90. The SMILES string of the molecule is Fc1ccc(CN[C@@H]2CCNC[C@H]2F)cc1. The third kappa shape index (κ3) is 3.00. The van der Waals surface area contributed by atoms with Crippen molar-refractivity contribution in [3.63, 3.8) is 0 Å². The first-order valence-electron chi connectivity index (χ1n) is 5.58. The molecule has 1 aliphatic heterocycles. The highest BCUT2D eigenvalue weighted by molar-refractivity contribution is 5.15. The molecule has 2 atom stereocenters. The van der Waals surface area contributed by atoms with Crippen molar-refractivity contribution in [3.05, 3.63) is 35.6 Å². The number of alkyl halides is 1. The summed E-state index contributed by atoms with van der Waals surface area (Å²) >= 11 is 0. The van der Waals surface area contributed by atoms with Gasteiger partial charge in [-0.05, 0) is 30.7 Å². The van der Waals surface area contributed by atoms with Gasteiger partial charge in [-0.2, -0.15) is 0 Å². The quantitative estimate of drug-likeness (QED) is 0.818. The Bertz CT molecular complexity index is 326. The van der Waals surface area contributed by atoms with Crippen LogP contribution in [0.25, 0.3) is 0 Å². The molecule has 4 heteroatoms. The molecule has 1 fully saturated rings. The smallest absolute Gasteiger partial charge is 0.128 e. The molecule has 16 heavy (non-hydrogen) atoms. The lowest BCUT2D eigenvalue weighted by Gasteiger charge is -2.27. The Kier molecular flexibility index (Phi) is 3.85. The van der Waals surface area contributed by atoms with Gasteiger partial charge in [0.2, 0.25) is 0 Å². The zero-order chi connectivity index (χ0) is 11.4. The van der Waals surface area contributed by atoms with Crippen LogP contribution in [0.4, 0.5) is 8.78 Å². The number of hydrogen-bond donors (Lipinski definition) is 2. The maximum absolute atomic E-state index is 13.4. The van der Waals surface area contributed by atoms with Crippen LogP contribution in [0, 0.1) is 5.82 Å². The van der Waals surface area contributed by atoms with Gasteiger partial charge < -0.3 is 10.6 Å². The second kappa shape index (κ2) is 5.37. The van der Waals surface area contributed by atoms with Crippen molar-refractivity contribution in [2.24, 2.45) is 0 Å². The first kappa shape index (κ1) is 11.5. The summed E-state index contributed by atoms with van der Waals surface area (Å²) in [6, 6.07) is 6.19. The number of benzene rings is 1. The monoisotopic (exact) mass is 226 g/mol. The van der Waals surface area contributed by atoms with Gasteiger partial charge in [0.15, 0.2) is 0 Å². The molecule has 0 spiro atoms. The minimum atomic E-state index is -0.839. The second-order valence-corrected chi connectivity index (χ2v) is 4.12. The normalized spacial score (nSPS) is 25.6. The first-order valence-corrected chi connectivity index (χ1v) is 5.58. The van der Waals surface area contributed by atoms with Crippen LogP contribution in [0.5, 0.6) is 0 Å². The average molecular weight is 226 g/mol. The van der Waals surface area contributed by atoms with Crippen molar-refractivity contribution in [1.82, 2.24) is 10.6 Å². The summed E-state index contributed by atoms with van der Waals surface area (Å²) in [7, 11) is 0. The number of hydrogen-bond acceptors (Lipinski definition) is 2. The summed E-state index contributed by atoms with van der Waals surface area (Å²) in [6.45, 7) is 1.86. The fourth-order valence-electron chi connectivity index (χ4n) is 1.90. The summed E-state index contributed by atoms with van der Waals surface area (Å²) in [5, 5.41) is 6.18. The van der Waals surface area contributed by atoms with E-state index in [9.17, 15) is 8.78 Å². The van der Waals surface area contributed by atoms with E-state index in [1.165, 1.54) is 12.1 Å². The van der Waals surface area contributed by atoms with Gasteiger partial charge in [-0.15, -0.1) is 0 Å². The van der Waals surface area contributed by atoms with E-state index in [2.05, 4.69) is 10.6 Å². The lowest BCUT2D eigenvalue weighted by Crippen LogP contribution is -2.48. The van der Waals surface area contributed by atoms with E-state index in [0.717, 1.165) is 18.5 Å². The highest BCUT2D eigenvalue weighted by Crippen LogP contribution is 2.09. The van der Waals surface area contributed by atoms with Crippen LogP contribution >= 0.6 is 0 Å². The van der Waals surface area contributed by atoms with E-state index < -0.39 is 6.17 Å². The summed E-state index contributed by atoms with van der Waals surface area (Å²) in [4.78, 5) is 0. The van der Waals surface area contributed by atoms with Gasteiger partial charge in [-0.3, -0.25) is 0 Å². The van der Waals surface area contributed by atoms with E-state index in [0.29, 0.717) is 13.1 Å². The van der Waals surface area contributed by atoms with Crippen LogP contribution in [-0.2, 0) is 6.54 Å². The predicted octanol–water partition coefficient (Wildman–Crippen LogP) is 1.62. The van der Waals surface area contributed by atoms with Crippen molar-refractivity contribution in [1.29, 1.82) is 0 Å². The van der Waals surface area contributed by atoms with Crippen LogP contribution < -0.4 is 10.6 Å². The molecule has 1 aromatic rings. The Morgan fingerprint density at radius 2 is 2.06 bits per heavy atom. The van der Waals surface area contributed by atoms with E-state index >= 15 is 0 Å². The minimum Gasteiger partial charge on any atom is -0.314 e. The Morgan fingerprint density at radius 1 is 1.31 bits per heavy atom. The molecule has 1 aromatic carbocycles. The Hall–Kier alpha value is -1.00. The molecule has 88 valence electrons. The summed E-state index contributed by atoms with van der Waals surface area (Å²) in [6.07, 6.45) is -0.0447. The van der Waals surface area contributed by atoms with Crippen LogP contribution in [0.3, 0.4) is 0 Å². The van der Waals surface area contributed by atoms with Crippen LogP contribution in [0.15, 0.2) is 24.3 Å². The molecule has 1 aliphatic rings. The van der Waals surface area contributed by atoms with Crippen molar-refractivity contribution >= 4 is 0 Å². The standard InChI is InChI=1S/C12H16F2N2/c13-10-3-1-9(2-4-10)7-16-12-5-6-15-8-11(12)14/h1-4,11-12,15-16H,5-8H2/t11-,12-/m1/s1. The summed E-state index contributed by atoms with van der Waals surface area (Å²) in [5.41, 5.74) is 0.979. The van der Waals surface area contributed by atoms with Crippen molar-refractivity contribution < 1.29 is 8.78 Å². The van der Waals surface area contributed by atoms with Gasteiger partial charge in [0.05, 0.1) is 0 Å². The Balaban J connectivity index is 1.84.